The van der Waals surface area contributed by atoms with E-state index in [0.717, 1.165) is 17.7 Å². The normalized spacial score (nSPS) is 20.4. The summed E-state index contributed by atoms with van der Waals surface area (Å²) in [6.45, 7) is 3.06. The van der Waals surface area contributed by atoms with Gasteiger partial charge in [0.15, 0.2) is 0 Å². The van der Waals surface area contributed by atoms with Gasteiger partial charge in [0, 0.05) is 13.1 Å². The third-order valence-corrected chi connectivity index (χ3v) is 3.13. The van der Waals surface area contributed by atoms with Gasteiger partial charge < -0.3 is 9.47 Å². The molecule has 1 aromatic rings. The molecule has 1 unspecified atom stereocenters. The van der Waals surface area contributed by atoms with Gasteiger partial charge >= 0.3 is 6.18 Å². The Morgan fingerprint density at radius 1 is 1.20 bits per heavy atom. The van der Waals surface area contributed by atoms with Crippen LogP contribution in [0.5, 0.6) is 0 Å². The predicted octanol–water partition coefficient (Wildman–Crippen LogP) is 2.55. The Morgan fingerprint density at radius 3 is 2.45 bits per heavy atom. The first-order chi connectivity index (χ1) is 9.45. The quantitative estimate of drug-likeness (QED) is 0.850. The highest BCUT2D eigenvalue weighted by Gasteiger charge is 2.29. The number of hydrogen-bond acceptors (Lipinski definition) is 3. The van der Waals surface area contributed by atoms with Crippen LogP contribution in [0.4, 0.5) is 13.2 Å². The summed E-state index contributed by atoms with van der Waals surface area (Å²) < 4.78 is 48.2. The highest BCUT2D eigenvalue weighted by molar-refractivity contribution is 5.24. The summed E-state index contributed by atoms with van der Waals surface area (Å²) in [6, 6.07) is 5.25. The van der Waals surface area contributed by atoms with Crippen molar-refractivity contribution in [1.82, 2.24) is 4.90 Å². The molecule has 1 aliphatic rings. The first kappa shape index (κ1) is 15.3. The second-order valence-electron chi connectivity index (χ2n) is 4.96. The minimum Gasteiger partial charge on any atom is -0.376 e. The summed E-state index contributed by atoms with van der Waals surface area (Å²) in [5.74, 6) is 0. The van der Waals surface area contributed by atoms with Crippen LogP contribution >= 0.6 is 0 Å². The first-order valence-corrected chi connectivity index (χ1v) is 6.49. The first-order valence-electron chi connectivity index (χ1n) is 6.49. The van der Waals surface area contributed by atoms with E-state index in [0.29, 0.717) is 32.9 Å². The summed E-state index contributed by atoms with van der Waals surface area (Å²) in [5, 5.41) is 0. The molecule has 0 radical (unpaired) electrons. The number of hydrogen-bond donors (Lipinski definition) is 0. The molecule has 1 saturated heterocycles. The van der Waals surface area contributed by atoms with Crippen LogP contribution in [-0.4, -0.2) is 44.4 Å². The van der Waals surface area contributed by atoms with E-state index in [1.165, 1.54) is 12.1 Å². The van der Waals surface area contributed by atoms with Crippen LogP contribution in [0.2, 0.25) is 0 Å². The van der Waals surface area contributed by atoms with Crippen molar-refractivity contribution in [3.05, 3.63) is 35.4 Å². The number of benzene rings is 1. The number of nitrogens with zero attached hydrogens (tertiary/aromatic N) is 1. The molecule has 3 nitrogen and oxygen atoms in total. The minimum absolute atomic E-state index is 0.0307. The summed E-state index contributed by atoms with van der Waals surface area (Å²) >= 11 is 0. The van der Waals surface area contributed by atoms with Crippen LogP contribution in [0.3, 0.4) is 0 Å². The molecule has 1 aliphatic heterocycles. The Labute approximate surface area is 116 Å². The van der Waals surface area contributed by atoms with E-state index >= 15 is 0 Å². The van der Waals surface area contributed by atoms with Gasteiger partial charge in [0.25, 0.3) is 0 Å². The molecule has 0 aromatic heterocycles. The molecule has 0 bridgehead atoms. The van der Waals surface area contributed by atoms with E-state index in [2.05, 4.69) is 0 Å². The van der Waals surface area contributed by atoms with Crippen LogP contribution < -0.4 is 0 Å². The zero-order valence-corrected chi connectivity index (χ0v) is 11.3. The summed E-state index contributed by atoms with van der Waals surface area (Å²) in [5.41, 5.74) is 0.227. The van der Waals surface area contributed by atoms with Crippen LogP contribution in [0.1, 0.15) is 11.1 Å². The lowest BCUT2D eigenvalue weighted by Gasteiger charge is -2.27. The fourth-order valence-corrected chi connectivity index (χ4v) is 2.16. The Hall–Kier alpha value is -1.11. The number of alkyl halides is 3. The Bertz CT molecular complexity index is 413. The minimum atomic E-state index is -4.28. The van der Waals surface area contributed by atoms with Gasteiger partial charge in [-0.05, 0) is 24.7 Å². The lowest BCUT2D eigenvalue weighted by molar-refractivity contribution is -0.137. The SMILES string of the molecule is CN(Cc1ccc(C(F)(F)F)cc1)CC1COCCO1. The molecular weight excluding hydrogens is 271 g/mol. The van der Waals surface area contributed by atoms with Crippen molar-refractivity contribution in [3.8, 4) is 0 Å². The number of rotatable bonds is 4. The van der Waals surface area contributed by atoms with Crippen molar-refractivity contribution in [2.45, 2.75) is 18.8 Å². The van der Waals surface area contributed by atoms with E-state index in [1.54, 1.807) is 0 Å². The molecule has 0 aliphatic carbocycles. The smallest absolute Gasteiger partial charge is 0.376 e. The van der Waals surface area contributed by atoms with Crippen molar-refractivity contribution in [2.75, 3.05) is 33.4 Å². The van der Waals surface area contributed by atoms with Gasteiger partial charge in [0.05, 0.1) is 31.5 Å². The fraction of sp³-hybridized carbons (Fsp3) is 0.571. The molecule has 6 heteroatoms. The molecule has 20 heavy (non-hydrogen) atoms. The highest BCUT2D eigenvalue weighted by Crippen LogP contribution is 2.29. The molecule has 0 saturated carbocycles. The standard InChI is InChI=1S/C14H18F3NO2/c1-18(9-13-10-19-6-7-20-13)8-11-2-4-12(5-3-11)14(15,16)17/h2-5,13H,6-10H2,1H3. The lowest BCUT2D eigenvalue weighted by atomic mass is 10.1. The van der Waals surface area contributed by atoms with E-state index in [1.807, 2.05) is 11.9 Å². The van der Waals surface area contributed by atoms with Crippen molar-refractivity contribution >= 4 is 0 Å². The molecule has 0 spiro atoms. The maximum Gasteiger partial charge on any atom is 0.416 e. The van der Waals surface area contributed by atoms with Crippen molar-refractivity contribution < 1.29 is 22.6 Å². The summed E-state index contributed by atoms with van der Waals surface area (Å²) in [4.78, 5) is 2.02. The van der Waals surface area contributed by atoms with Crippen LogP contribution in [0.25, 0.3) is 0 Å². The zero-order chi connectivity index (χ0) is 14.6. The van der Waals surface area contributed by atoms with Crippen molar-refractivity contribution in [2.24, 2.45) is 0 Å². The molecule has 1 atom stereocenters. The van der Waals surface area contributed by atoms with Gasteiger partial charge in [0.2, 0.25) is 0 Å². The van der Waals surface area contributed by atoms with Crippen molar-refractivity contribution in [3.63, 3.8) is 0 Å². The third kappa shape index (κ3) is 4.47. The van der Waals surface area contributed by atoms with Gasteiger partial charge in [-0.2, -0.15) is 13.2 Å². The Balaban J connectivity index is 1.86. The molecule has 1 aromatic carbocycles. The number of halogens is 3. The van der Waals surface area contributed by atoms with E-state index in [9.17, 15) is 13.2 Å². The van der Waals surface area contributed by atoms with Gasteiger partial charge in [0.1, 0.15) is 0 Å². The summed E-state index contributed by atoms with van der Waals surface area (Å²) in [6.07, 6.45) is -4.25. The van der Waals surface area contributed by atoms with Gasteiger partial charge in [-0.25, -0.2) is 0 Å². The molecule has 0 amide bonds. The predicted molar refractivity (Wildman–Crippen MR) is 68.3 cm³/mol. The molecule has 1 heterocycles. The number of ether oxygens (including phenoxy) is 2. The third-order valence-electron chi connectivity index (χ3n) is 3.13. The Morgan fingerprint density at radius 2 is 1.90 bits per heavy atom. The molecule has 0 N–H and O–H groups in total. The highest BCUT2D eigenvalue weighted by atomic mass is 19.4. The van der Waals surface area contributed by atoms with Gasteiger partial charge in [-0.1, -0.05) is 12.1 Å². The lowest BCUT2D eigenvalue weighted by Crippen LogP contribution is -2.38. The fourth-order valence-electron chi connectivity index (χ4n) is 2.16. The van der Waals surface area contributed by atoms with E-state index in [4.69, 9.17) is 9.47 Å². The Kier molecular flexibility index (Phi) is 5.01. The average molecular weight is 289 g/mol. The molecular formula is C14H18F3NO2. The topological polar surface area (TPSA) is 21.7 Å². The van der Waals surface area contributed by atoms with Crippen LogP contribution in [0, 0.1) is 0 Å². The molecule has 2 rings (SSSR count). The zero-order valence-electron chi connectivity index (χ0n) is 11.3. The second-order valence-corrected chi connectivity index (χ2v) is 4.96. The monoisotopic (exact) mass is 289 g/mol. The van der Waals surface area contributed by atoms with E-state index < -0.39 is 11.7 Å². The maximum atomic E-state index is 12.5. The van der Waals surface area contributed by atoms with Gasteiger partial charge in [-0.3, -0.25) is 4.90 Å². The maximum absolute atomic E-state index is 12.5. The molecule has 1 fully saturated rings. The van der Waals surface area contributed by atoms with Gasteiger partial charge in [-0.15, -0.1) is 0 Å². The van der Waals surface area contributed by atoms with E-state index in [-0.39, 0.29) is 6.10 Å². The largest absolute Gasteiger partial charge is 0.416 e. The average Bonchev–Trinajstić information content (AvgIpc) is 2.39. The van der Waals surface area contributed by atoms with Crippen LogP contribution in [0.15, 0.2) is 24.3 Å². The second kappa shape index (κ2) is 6.56. The molecule has 112 valence electrons. The summed E-state index contributed by atoms with van der Waals surface area (Å²) in [7, 11) is 1.91. The van der Waals surface area contributed by atoms with Crippen molar-refractivity contribution in [1.29, 1.82) is 0 Å². The number of likely N-dealkylation sites (N-methyl/N-ethyl adjacent to an activating group) is 1. The van der Waals surface area contributed by atoms with Crippen LogP contribution in [-0.2, 0) is 22.2 Å².